The Morgan fingerprint density at radius 2 is 1.90 bits per heavy atom. The highest BCUT2D eigenvalue weighted by atomic mass is 35.5. The van der Waals surface area contributed by atoms with Crippen LogP contribution in [0.3, 0.4) is 0 Å². The first kappa shape index (κ1) is 15.1. The van der Waals surface area contributed by atoms with Gasteiger partial charge in [-0.1, -0.05) is 23.2 Å². The summed E-state index contributed by atoms with van der Waals surface area (Å²) >= 11 is 11.6. The lowest BCUT2D eigenvalue weighted by molar-refractivity contribution is -0.384. The summed E-state index contributed by atoms with van der Waals surface area (Å²) in [7, 11) is 0. The number of nitro benzene ring substituents is 1. The predicted molar refractivity (Wildman–Crippen MR) is 82.4 cm³/mol. The molecule has 0 saturated carbocycles. The minimum absolute atomic E-state index is 0.0104. The number of phenolic OH excluding ortho intramolecular Hbond substituents is 1. The van der Waals surface area contributed by atoms with Gasteiger partial charge >= 0.3 is 0 Å². The van der Waals surface area contributed by atoms with Gasteiger partial charge in [0.15, 0.2) is 0 Å². The van der Waals surface area contributed by atoms with Crippen LogP contribution in [0, 0.1) is 10.1 Å². The molecule has 2 N–H and O–H groups in total. The van der Waals surface area contributed by atoms with Gasteiger partial charge in [-0.15, -0.1) is 0 Å². The van der Waals surface area contributed by atoms with Crippen molar-refractivity contribution in [3.05, 3.63) is 62.1 Å². The van der Waals surface area contributed by atoms with E-state index < -0.39 is 4.92 Å². The van der Waals surface area contributed by atoms with E-state index in [-0.39, 0.29) is 16.5 Å². The van der Waals surface area contributed by atoms with Crippen LogP contribution in [0.2, 0.25) is 10.0 Å². The standard InChI is InChI=1S/C13H9Cl2N3O3/c14-9-5-8(13(19)12(15)6-9)7-16-17-10-1-3-11(4-2-10)18(20)21/h1-7,17,19H/b16-7-. The van der Waals surface area contributed by atoms with Crippen LogP contribution in [0.25, 0.3) is 0 Å². The summed E-state index contributed by atoms with van der Waals surface area (Å²) in [5, 5.41) is 24.6. The molecular weight excluding hydrogens is 317 g/mol. The molecule has 0 amide bonds. The van der Waals surface area contributed by atoms with Gasteiger partial charge in [0, 0.05) is 22.7 Å². The average Bonchev–Trinajstić information content (AvgIpc) is 2.44. The van der Waals surface area contributed by atoms with Crippen LogP contribution >= 0.6 is 23.2 Å². The number of rotatable bonds is 4. The first-order chi connectivity index (χ1) is 9.97. The van der Waals surface area contributed by atoms with Crippen LogP contribution in [-0.4, -0.2) is 16.2 Å². The van der Waals surface area contributed by atoms with Crippen molar-refractivity contribution in [1.82, 2.24) is 0 Å². The van der Waals surface area contributed by atoms with E-state index >= 15 is 0 Å². The number of phenols is 1. The minimum atomic E-state index is -0.487. The van der Waals surface area contributed by atoms with E-state index in [0.717, 1.165) is 0 Å². The molecule has 0 saturated heterocycles. The zero-order valence-corrected chi connectivity index (χ0v) is 12.0. The van der Waals surface area contributed by atoms with Crippen LogP contribution in [0.4, 0.5) is 11.4 Å². The average molecular weight is 326 g/mol. The Morgan fingerprint density at radius 1 is 1.24 bits per heavy atom. The van der Waals surface area contributed by atoms with Crippen molar-refractivity contribution in [2.24, 2.45) is 5.10 Å². The molecule has 0 bridgehead atoms. The fourth-order valence-electron chi connectivity index (χ4n) is 1.52. The first-order valence-electron chi connectivity index (χ1n) is 5.69. The molecule has 0 aliphatic heterocycles. The van der Waals surface area contributed by atoms with Gasteiger partial charge < -0.3 is 5.11 Å². The van der Waals surface area contributed by atoms with Crippen LogP contribution in [-0.2, 0) is 0 Å². The highest BCUT2D eigenvalue weighted by Gasteiger charge is 2.06. The number of hydrogen-bond donors (Lipinski definition) is 2. The maximum atomic E-state index is 10.5. The summed E-state index contributed by atoms with van der Waals surface area (Å²) in [6.07, 6.45) is 1.34. The van der Waals surface area contributed by atoms with Crippen LogP contribution in [0.1, 0.15) is 5.56 Å². The number of benzene rings is 2. The second-order valence-corrected chi connectivity index (χ2v) is 4.84. The van der Waals surface area contributed by atoms with Crippen LogP contribution in [0.15, 0.2) is 41.5 Å². The van der Waals surface area contributed by atoms with E-state index in [1.165, 1.54) is 42.6 Å². The molecule has 2 rings (SSSR count). The molecule has 0 aromatic heterocycles. The van der Waals surface area contributed by atoms with Gasteiger partial charge in [0.05, 0.1) is 21.8 Å². The molecular formula is C13H9Cl2N3O3. The van der Waals surface area contributed by atoms with Crippen molar-refractivity contribution in [2.45, 2.75) is 0 Å². The number of halogens is 2. The largest absolute Gasteiger partial charge is 0.506 e. The zero-order valence-electron chi connectivity index (χ0n) is 10.5. The van der Waals surface area contributed by atoms with Gasteiger partial charge in [-0.3, -0.25) is 15.5 Å². The first-order valence-corrected chi connectivity index (χ1v) is 6.44. The Bertz CT molecular complexity index is 703. The fourth-order valence-corrected chi connectivity index (χ4v) is 2.03. The van der Waals surface area contributed by atoms with Gasteiger partial charge in [0.2, 0.25) is 0 Å². The smallest absolute Gasteiger partial charge is 0.269 e. The van der Waals surface area contributed by atoms with E-state index in [4.69, 9.17) is 23.2 Å². The van der Waals surface area contributed by atoms with Crippen molar-refractivity contribution in [1.29, 1.82) is 0 Å². The molecule has 2 aromatic carbocycles. The SMILES string of the molecule is O=[N+]([O-])c1ccc(N/N=C\c2cc(Cl)cc(Cl)c2O)cc1. The number of nitrogens with one attached hydrogen (secondary N) is 1. The van der Waals surface area contributed by atoms with Crippen molar-refractivity contribution >= 4 is 40.8 Å². The molecule has 0 spiro atoms. The van der Waals surface area contributed by atoms with Gasteiger partial charge in [0.1, 0.15) is 5.75 Å². The number of nitro groups is 1. The maximum absolute atomic E-state index is 10.5. The molecule has 2 aromatic rings. The Labute approximate surface area is 129 Å². The van der Waals surface area contributed by atoms with E-state index in [1.54, 1.807) is 0 Å². The molecule has 108 valence electrons. The topological polar surface area (TPSA) is 87.8 Å². The third kappa shape index (κ3) is 3.84. The molecule has 0 aliphatic carbocycles. The molecule has 0 unspecified atom stereocenters. The van der Waals surface area contributed by atoms with Crippen LogP contribution < -0.4 is 5.43 Å². The third-order valence-electron chi connectivity index (χ3n) is 2.53. The Balaban J connectivity index is 2.10. The lowest BCUT2D eigenvalue weighted by Gasteiger charge is -2.03. The predicted octanol–water partition coefficient (Wildman–Crippen LogP) is 4.05. The van der Waals surface area contributed by atoms with Gasteiger partial charge in [-0.25, -0.2) is 0 Å². The normalized spacial score (nSPS) is 10.8. The molecule has 0 atom stereocenters. The monoisotopic (exact) mass is 325 g/mol. The molecule has 6 nitrogen and oxygen atoms in total. The second-order valence-electron chi connectivity index (χ2n) is 4.00. The summed E-state index contributed by atoms with van der Waals surface area (Å²) in [4.78, 5) is 10.0. The highest BCUT2D eigenvalue weighted by molar-refractivity contribution is 6.36. The van der Waals surface area contributed by atoms with Crippen molar-refractivity contribution in [2.75, 3.05) is 5.43 Å². The van der Waals surface area contributed by atoms with E-state index in [2.05, 4.69) is 10.5 Å². The van der Waals surface area contributed by atoms with E-state index in [1.807, 2.05) is 0 Å². The maximum Gasteiger partial charge on any atom is 0.269 e. The number of hydrazone groups is 1. The molecule has 0 heterocycles. The van der Waals surface area contributed by atoms with E-state index in [9.17, 15) is 15.2 Å². The lowest BCUT2D eigenvalue weighted by atomic mass is 10.2. The van der Waals surface area contributed by atoms with Crippen molar-refractivity contribution < 1.29 is 10.0 Å². The highest BCUT2D eigenvalue weighted by Crippen LogP contribution is 2.30. The van der Waals surface area contributed by atoms with Crippen molar-refractivity contribution in [3.8, 4) is 5.75 Å². The number of anilines is 1. The number of non-ortho nitro benzene ring substituents is 1. The Kier molecular flexibility index (Phi) is 4.62. The molecule has 8 heteroatoms. The number of nitrogens with zero attached hydrogens (tertiary/aromatic N) is 2. The molecule has 21 heavy (non-hydrogen) atoms. The number of hydrogen-bond acceptors (Lipinski definition) is 5. The van der Waals surface area contributed by atoms with Crippen molar-refractivity contribution in [3.63, 3.8) is 0 Å². The number of aromatic hydroxyl groups is 1. The lowest BCUT2D eigenvalue weighted by Crippen LogP contribution is -1.92. The molecule has 0 radical (unpaired) electrons. The molecule has 0 aliphatic rings. The second kappa shape index (κ2) is 6.43. The summed E-state index contributed by atoms with van der Waals surface area (Å²) in [6, 6.07) is 8.65. The Hall–Kier alpha value is -2.31. The molecule has 0 fully saturated rings. The summed E-state index contributed by atoms with van der Waals surface area (Å²) < 4.78 is 0. The summed E-state index contributed by atoms with van der Waals surface area (Å²) in [5.41, 5.74) is 3.57. The quantitative estimate of drug-likeness (QED) is 0.504. The van der Waals surface area contributed by atoms with Crippen LogP contribution in [0.5, 0.6) is 5.75 Å². The van der Waals surface area contributed by atoms with Gasteiger partial charge in [-0.05, 0) is 24.3 Å². The third-order valence-corrected chi connectivity index (χ3v) is 3.04. The van der Waals surface area contributed by atoms with Gasteiger partial charge in [0.25, 0.3) is 5.69 Å². The zero-order chi connectivity index (χ0) is 15.4. The summed E-state index contributed by atoms with van der Waals surface area (Å²) in [5.74, 6) is -0.129. The minimum Gasteiger partial charge on any atom is -0.506 e. The summed E-state index contributed by atoms with van der Waals surface area (Å²) in [6.45, 7) is 0. The van der Waals surface area contributed by atoms with E-state index in [0.29, 0.717) is 16.3 Å². The van der Waals surface area contributed by atoms with Gasteiger partial charge in [-0.2, -0.15) is 5.10 Å². The Morgan fingerprint density at radius 3 is 2.52 bits per heavy atom. The fraction of sp³-hybridized carbons (Fsp3) is 0.